The number of anilines is 1. The fourth-order valence-corrected chi connectivity index (χ4v) is 4.55. The molecular weight excluding hydrogens is 366 g/mol. The lowest BCUT2D eigenvalue weighted by Gasteiger charge is -2.19. The molecule has 0 bridgehead atoms. The average Bonchev–Trinajstić information content (AvgIpc) is 3.17. The van der Waals surface area contributed by atoms with Gasteiger partial charge in [-0.1, -0.05) is 30.3 Å². The lowest BCUT2D eigenvalue weighted by molar-refractivity contribution is 0.251. The molecule has 2 aromatic carbocycles. The van der Waals surface area contributed by atoms with Crippen LogP contribution in [-0.2, 0) is 21.4 Å². The molecule has 2 N–H and O–H groups in total. The number of carbonyl (C=O) groups is 1. The molecule has 1 aliphatic rings. The molecule has 0 aromatic heterocycles. The maximum Gasteiger partial charge on any atom is 0.319 e. The van der Waals surface area contributed by atoms with E-state index >= 15 is 0 Å². The number of sulfonamides is 1. The van der Waals surface area contributed by atoms with Crippen molar-refractivity contribution in [2.75, 3.05) is 11.9 Å². The topological polar surface area (TPSA) is 95.6 Å². The number of nitrogens with zero attached hydrogens (tertiary/aromatic N) is 1. The number of nitrogens with one attached hydrogen (secondary N) is 2. The van der Waals surface area contributed by atoms with Gasteiger partial charge in [0.2, 0.25) is 16.3 Å². The Bertz CT molecular complexity index is 898. The van der Waals surface area contributed by atoms with Gasteiger partial charge in [-0.05, 0) is 42.7 Å². The van der Waals surface area contributed by atoms with Crippen molar-refractivity contribution in [1.82, 2.24) is 9.62 Å². The molecular formula is C19H20N3O4S. The third-order valence-corrected chi connectivity index (χ3v) is 6.28. The van der Waals surface area contributed by atoms with Gasteiger partial charge in [0, 0.05) is 18.8 Å². The van der Waals surface area contributed by atoms with E-state index in [-0.39, 0.29) is 10.9 Å². The molecule has 2 amide bonds. The molecule has 8 heteroatoms. The van der Waals surface area contributed by atoms with Gasteiger partial charge in [-0.2, -0.15) is 4.31 Å². The standard InChI is InChI=1S/C19H20N3O4S/c23-14-17-7-4-12-22(17)27(25,26)18-10-8-16(9-11-18)21-19(24)20-13-15-5-2-1-3-6-15/h1-3,5-6,8-11,17H,4,7,12-13H2,(H2,20,21,24)/t17-/m0/s1. The molecule has 1 saturated heterocycles. The molecule has 141 valence electrons. The number of hydrogen-bond donors (Lipinski definition) is 2. The second kappa shape index (κ2) is 8.32. The van der Waals surface area contributed by atoms with Crippen molar-refractivity contribution in [3.63, 3.8) is 0 Å². The van der Waals surface area contributed by atoms with Crippen LogP contribution in [0.15, 0.2) is 59.5 Å². The van der Waals surface area contributed by atoms with E-state index < -0.39 is 16.1 Å². The highest BCUT2D eigenvalue weighted by molar-refractivity contribution is 7.89. The summed E-state index contributed by atoms with van der Waals surface area (Å²) in [6.07, 6.45) is 2.92. The van der Waals surface area contributed by atoms with Crippen LogP contribution >= 0.6 is 0 Å². The first-order valence-electron chi connectivity index (χ1n) is 8.59. The van der Waals surface area contributed by atoms with E-state index in [1.54, 1.807) is 6.29 Å². The summed E-state index contributed by atoms with van der Waals surface area (Å²) in [5.41, 5.74) is 1.45. The summed E-state index contributed by atoms with van der Waals surface area (Å²) in [5.74, 6) is 0. The van der Waals surface area contributed by atoms with Crippen molar-refractivity contribution in [2.24, 2.45) is 0 Å². The lowest BCUT2D eigenvalue weighted by atomic mass is 10.2. The zero-order valence-corrected chi connectivity index (χ0v) is 15.4. The second-order valence-corrected chi connectivity index (χ2v) is 8.10. The summed E-state index contributed by atoms with van der Waals surface area (Å²) in [6, 6.07) is 14.3. The molecule has 0 aliphatic carbocycles. The van der Waals surface area contributed by atoms with Crippen LogP contribution in [-0.4, -0.2) is 37.6 Å². The minimum atomic E-state index is -3.75. The van der Waals surface area contributed by atoms with Crippen molar-refractivity contribution in [3.8, 4) is 0 Å². The van der Waals surface area contributed by atoms with Crippen LogP contribution in [0, 0.1) is 0 Å². The average molecular weight is 386 g/mol. The molecule has 0 unspecified atom stereocenters. The van der Waals surface area contributed by atoms with Crippen molar-refractivity contribution >= 4 is 28.0 Å². The van der Waals surface area contributed by atoms with Gasteiger partial charge in [0.05, 0.1) is 10.9 Å². The molecule has 0 spiro atoms. The zero-order chi connectivity index (χ0) is 19.3. The first-order chi connectivity index (χ1) is 13.0. The normalized spacial score (nSPS) is 17.4. The molecule has 27 heavy (non-hydrogen) atoms. The van der Waals surface area contributed by atoms with E-state index in [1.165, 1.54) is 28.6 Å². The molecule has 0 saturated carbocycles. The third-order valence-electron chi connectivity index (χ3n) is 4.35. The molecule has 3 rings (SSSR count). The van der Waals surface area contributed by atoms with E-state index in [4.69, 9.17) is 0 Å². The Kier molecular flexibility index (Phi) is 5.88. The third kappa shape index (κ3) is 4.53. The Labute approximate surface area is 158 Å². The van der Waals surface area contributed by atoms with E-state index in [9.17, 15) is 18.0 Å². The Balaban J connectivity index is 1.61. The number of hydrogen-bond acceptors (Lipinski definition) is 4. The van der Waals surface area contributed by atoms with Crippen LogP contribution in [0.2, 0.25) is 0 Å². The molecule has 1 heterocycles. The molecule has 2 aromatic rings. The van der Waals surface area contributed by atoms with Crippen LogP contribution in [0.1, 0.15) is 18.4 Å². The molecule has 1 atom stereocenters. The largest absolute Gasteiger partial charge is 0.334 e. The molecule has 1 fully saturated rings. The van der Waals surface area contributed by atoms with Gasteiger partial charge in [-0.3, -0.25) is 4.79 Å². The smallest absolute Gasteiger partial charge is 0.319 e. The van der Waals surface area contributed by atoms with Gasteiger partial charge in [-0.25, -0.2) is 13.2 Å². The quantitative estimate of drug-likeness (QED) is 0.796. The van der Waals surface area contributed by atoms with Crippen LogP contribution < -0.4 is 10.6 Å². The summed E-state index contributed by atoms with van der Waals surface area (Å²) < 4.78 is 26.5. The van der Waals surface area contributed by atoms with Crippen LogP contribution in [0.3, 0.4) is 0 Å². The van der Waals surface area contributed by atoms with E-state index in [0.29, 0.717) is 31.6 Å². The monoisotopic (exact) mass is 386 g/mol. The van der Waals surface area contributed by atoms with Gasteiger partial charge in [0.15, 0.2) is 0 Å². The SMILES string of the molecule is O=[C][C@@H]1CCCN1S(=O)(=O)c1ccc(NC(=O)NCc2ccccc2)cc1. The first kappa shape index (κ1) is 19.1. The fourth-order valence-electron chi connectivity index (χ4n) is 2.94. The van der Waals surface area contributed by atoms with Gasteiger partial charge < -0.3 is 10.6 Å². The van der Waals surface area contributed by atoms with E-state index in [2.05, 4.69) is 10.6 Å². The summed E-state index contributed by atoms with van der Waals surface area (Å²) in [6.45, 7) is 0.696. The maximum atomic E-state index is 12.6. The van der Waals surface area contributed by atoms with E-state index in [0.717, 1.165) is 5.56 Å². The van der Waals surface area contributed by atoms with Crippen LogP contribution in [0.25, 0.3) is 0 Å². The van der Waals surface area contributed by atoms with Gasteiger partial charge in [0.1, 0.15) is 0 Å². The fraction of sp³-hybridized carbons (Fsp3) is 0.263. The summed E-state index contributed by atoms with van der Waals surface area (Å²) >= 11 is 0. The number of carbonyl (C=O) groups excluding carboxylic acids is 2. The summed E-state index contributed by atoms with van der Waals surface area (Å²) in [7, 11) is -3.75. The van der Waals surface area contributed by atoms with Gasteiger partial charge >= 0.3 is 6.03 Å². The Hall–Kier alpha value is -2.71. The highest BCUT2D eigenvalue weighted by Crippen LogP contribution is 2.25. The van der Waals surface area contributed by atoms with E-state index in [1.807, 2.05) is 30.3 Å². The number of urea groups is 1. The number of benzene rings is 2. The highest BCUT2D eigenvalue weighted by atomic mass is 32.2. The van der Waals surface area contributed by atoms with Crippen molar-refractivity contribution in [2.45, 2.75) is 30.3 Å². The van der Waals surface area contributed by atoms with Crippen LogP contribution in [0.5, 0.6) is 0 Å². The molecule has 7 nitrogen and oxygen atoms in total. The first-order valence-corrected chi connectivity index (χ1v) is 10.0. The van der Waals surface area contributed by atoms with Crippen LogP contribution in [0.4, 0.5) is 10.5 Å². The maximum absolute atomic E-state index is 12.6. The molecule has 1 radical (unpaired) electrons. The van der Waals surface area contributed by atoms with Crippen molar-refractivity contribution < 1.29 is 18.0 Å². The zero-order valence-electron chi connectivity index (χ0n) is 14.6. The van der Waals surface area contributed by atoms with Gasteiger partial charge in [0.25, 0.3) is 0 Å². The highest BCUT2D eigenvalue weighted by Gasteiger charge is 2.35. The number of rotatable bonds is 6. The summed E-state index contributed by atoms with van der Waals surface area (Å²) in [4.78, 5) is 23.0. The minimum Gasteiger partial charge on any atom is -0.334 e. The summed E-state index contributed by atoms with van der Waals surface area (Å²) in [5, 5.41) is 5.39. The molecule has 1 aliphatic heterocycles. The van der Waals surface area contributed by atoms with Crippen molar-refractivity contribution in [3.05, 3.63) is 60.2 Å². The predicted octanol–water partition coefficient (Wildman–Crippen LogP) is 2.27. The Morgan fingerprint density at radius 3 is 2.48 bits per heavy atom. The Morgan fingerprint density at radius 1 is 1.11 bits per heavy atom. The number of amides is 2. The predicted molar refractivity (Wildman–Crippen MR) is 101 cm³/mol. The van der Waals surface area contributed by atoms with Crippen molar-refractivity contribution in [1.29, 1.82) is 0 Å². The Morgan fingerprint density at radius 2 is 1.81 bits per heavy atom. The lowest BCUT2D eigenvalue weighted by Crippen LogP contribution is -2.36. The second-order valence-electron chi connectivity index (χ2n) is 6.21. The minimum absolute atomic E-state index is 0.0832. The van der Waals surface area contributed by atoms with Gasteiger partial charge in [-0.15, -0.1) is 0 Å².